The zero-order valence-electron chi connectivity index (χ0n) is 13.5. The van der Waals surface area contributed by atoms with Gasteiger partial charge in [0.05, 0.1) is 0 Å². The molecule has 1 aliphatic heterocycles. The molecule has 1 aliphatic rings. The minimum Gasteiger partial charge on any atom is -0.326 e. The number of carbonyl (C=O) groups excluding carboxylic acids is 3. The van der Waals surface area contributed by atoms with E-state index in [1.54, 1.807) is 0 Å². The number of nitrogens with zero attached hydrogens (tertiary/aromatic N) is 2. The van der Waals surface area contributed by atoms with E-state index in [2.05, 4.69) is 26.1 Å². The summed E-state index contributed by atoms with van der Waals surface area (Å²) in [7, 11) is 0. The van der Waals surface area contributed by atoms with Gasteiger partial charge in [-0.15, -0.1) is 10.2 Å². The SMILES string of the molecule is Cc1ccccc1Cc1nnc(NC(=O)CC[C@H]2NC(=O)NC2=O)s1. The Hall–Kier alpha value is -2.81. The number of anilines is 1. The highest BCUT2D eigenvalue weighted by Crippen LogP contribution is 2.20. The summed E-state index contributed by atoms with van der Waals surface area (Å²) in [5, 5.41) is 16.6. The largest absolute Gasteiger partial charge is 0.326 e. The summed E-state index contributed by atoms with van der Waals surface area (Å²) in [5.41, 5.74) is 2.35. The van der Waals surface area contributed by atoms with Crippen LogP contribution >= 0.6 is 11.3 Å². The standard InChI is InChI=1S/C16H17N5O3S/c1-9-4-2-3-5-10(9)8-13-20-21-16(25-13)18-12(22)7-6-11-14(23)19-15(24)17-11/h2-5,11H,6-8H2,1H3,(H,18,21,22)(H2,17,19,23,24)/t11-/m1/s1. The summed E-state index contributed by atoms with van der Waals surface area (Å²) in [6.45, 7) is 2.04. The van der Waals surface area contributed by atoms with E-state index in [1.165, 1.54) is 22.5 Å². The number of urea groups is 1. The van der Waals surface area contributed by atoms with Crippen molar-refractivity contribution in [1.82, 2.24) is 20.8 Å². The smallest absolute Gasteiger partial charge is 0.322 e. The molecule has 1 atom stereocenters. The van der Waals surface area contributed by atoms with Crippen LogP contribution in [0.3, 0.4) is 0 Å². The van der Waals surface area contributed by atoms with Crippen LogP contribution in [0.5, 0.6) is 0 Å². The molecule has 1 saturated heterocycles. The fraction of sp³-hybridized carbons (Fsp3) is 0.312. The van der Waals surface area contributed by atoms with E-state index in [1.807, 2.05) is 31.2 Å². The molecule has 9 heteroatoms. The van der Waals surface area contributed by atoms with Gasteiger partial charge in [-0.25, -0.2) is 4.79 Å². The Labute approximate surface area is 148 Å². The van der Waals surface area contributed by atoms with Crippen LogP contribution in [0, 0.1) is 6.92 Å². The molecule has 0 saturated carbocycles. The second kappa shape index (κ2) is 7.39. The molecule has 0 aliphatic carbocycles. The first-order valence-corrected chi connectivity index (χ1v) is 8.61. The molecule has 3 rings (SSSR count). The minimum atomic E-state index is -0.663. The molecule has 3 N–H and O–H groups in total. The van der Waals surface area contributed by atoms with Gasteiger partial charge in [-0.3, -0.25) is 14.9 Å². The number of rotatable bonds is 6. The third kappa shape index (κ3) is 4.38. The van der Waals surface area contributed by atoms with Gasteiger partial charge in [0, 0.05) is 12.8 Å². The van der Waals surface area contributed by atoms with Crippen molar-refractivity contribution in [1.29, 1.82) is 0 Å². The number of benzene rings is 1. The van der Waals surface area contributed by atoms with Crippen LogP contribution in [0.2, 0.25) is 0 Å². The first kappa shape index (κ1) is 17.0. The molecular formula is C16H17N5O3S. The third-order valence-corrected chi connectivity index (χ3v) is 4.67. The van der Waals surface area contributed by atoms with Gasteiger partial charge in [0.1, 0.15) is 11.0 Å². The summed E-state index contributed by atoms with van der Waals surface area (Å²) < 4.78 is 0. The summed E-state index contributed by atoms with van der Waals surface area (Å²) >= 11 is 1.32. The molecule has 8 nitrogen and oxygen atoms in total. The molecule has 1 aromatic heterocycles. The van der Waals surface area contributed by atoms with Crippen molar-refractivity contribution in [2.75, 3.05) is 5.32 Å². The van der Waals surface area contributed by atoms with Gasteiger partial charge in [-0.05, 0) is 24.5 Å². The normalized spacial score (nSPS) is 16.4. The number of aromatic nitrogens is 2. The van der Waals surface area contributed by atoms with Crippen LogP contribution in [0.15, 0.2) is 24.3 Å². The van der Waals surface area contributed by atoms with E-state index in [9.17, 15) is 14.4 Å². The Morgan fingerprint density at radius 1 is 1.28 bits per heavy atom. The van der Waals surface area contributed by atoms with Crippen molar-refractivity contribution in [2.24, 2.45) is 0 Å². The Morgan fingerprint density at radius 3 is 2.80 bits per heavy atom. The summed E-state index contributed by atoms with van der Waals surface area (Å²) in [5.74, 6) is -0.679. The van der Waals surface area contributed by atoms with Gasteiger partial charge < -0.3 is 10.6 Å². The van der Waals surface area contributed by atoms with Crippen molar-refractivity contribution >= 4 is 34.3 Å². The second-order valence-corrected chi connectivity index (χ2v) is 6.77. The summed E-state index contributed by atoms with van der Waals surface area (Å²) in [6.07, 6.45) is 0.998. The lowest BCUT2D eigenvalue weighted by Crippen LogP contribution is -2.30. The number of aryl methyl sites for hydroxylation is 1. The molecule has 0 bridgehead atoms. The molecule has 1 aromatic carbocycles. The number of imide groups is 1. The first-order chi connectivity index (χ1) is 12.0. The first-order valence-electron chi connectivity index (χ1n) is 7.79. The van der Waals surface area contributed by atoms with E-state index < -0.39 is 18.0 Å². The van der Waals surface area contributed by atoms with E-state index in [-0.39, 0.29) is 18.7 Å². The lowest BCUT2D eigenvalue weighted by Gasteiger charge is -2.06. The lowest BCUT2D eigenvalue weighted by molar-refractivity contribution is -0.120. The molecule has 2 aromatic rings. The lowest BCUT2D eigenvalue weighted by atomic mass is 10.1. The predicted molar refractivity (Wildman–Crippen MR) is 92.2 cm³/mol. The third-order valence-electron chi connectivity index (χ3n) is 3.83. The maximum absolute atomic E-state index is 12.0. The number of nitrogens with one attached hydrogen (secondary N) is 3. The van der Waals surface area contributed by atoms with Crippen LogP contribution in [0.4, 0.5) is 9.93 Å². The van der Waals surface area contributed by atoms with Crippen molar-refractivity contribution < 1.29 is 14.4 Å². The number of carbonyl (C=O) groups is 3. The second-order valence-electron chi connectivity index (χ2n) is 5.71. The van der Waals surface area contributed by atoms with Gasteiger partial charge in [-0.1, -0.05) is 35.6 Å². The van der Waals surface area contributed by atoms with Crippen molar-refractivity contribution in [3.8, 4) is 0 Å². The van der Waals surface area contributed by atoms with Crippen LogP contribution < -0.4 is 16.0 Å². The van der Waals surface area contributed by atoms with Gasteiger partial charge in [0.2, 0.25) is 11.0 Å². The topological polar surface area (TPSA) is 113 Å². The maximum Gasteiger partial charge on any atom is 0.322 e. The average molecular weight is 359 g/mol. The van der Waals surface area contributed by atoms with Crippen LogP contribution in [0.1, 0.15) is 29.0 Å². The van der Waals surface area contributed by atoms with Gasteiger partial charge in [-0.2, -0.15) is 0 Å². The Balaban J connectivity index is 1.51. The highest BCUT2D eigenvalue weighted by molar-refractivity contribution is 7.15. The average Bonchev–Trinajstić information content (AvgIpc) is 3.13. The number of amides is 4. The number of hydrogen-bond donors (Lipinski definition) is 3. The van der Waals surface area contributed by atoms with E-state index in [4.69, 9.17) is 0 Å². The quantitative estimate of drug-likeness (QED) is 0.674. The fourth-order valence-corrected chi connectivity index (χ4v) is 3.25. The Morgan fingerprint density at radius 2 is 2.08 bits per heavy atom. The Kier molecular flexibility index (Phi) is 5.03. The van der Waals surface area contributed by atoms with Crippen LogP contribution in [-0.4, -0.2) is 34.1 Å². The highest BCUT2D eigenvalue weighted by atomic mass is 32.1. The highest BCUT2D eigenvalue weighted by Gasteiger charge is 2.29. The zero-order valence-corrected chi connectivity index (χ0v) is 14.4. The molecule has 2 heterocycles. The van der Waals surface area contributed by atoms with E-state index in [0.717, 1.165) is 5.01 Å². The van der Waals surface area contributed by atoms with Gasteiger partial charge in [0.15, 0.2) is 0 Å². The van der Waals surface area contributed by atoms with Gasteiger partial charge in [0.25, 0.3) is 5.91 Å². The number of hydrogen-bond acceptors (Lipinski definition) is 6. The van der Waals surface area contributed by atoms with Crippen molar-refractivity contribution in [2.45, 2.75) is 32.2 Å². The zero-order chi connectivity index (χ0) is 17.8. The van der Waals surface area contributed by atoms with Crippen molar-refractivity contribution in [3.05, 3.63) is 40.4 Å². The molecule has 0 spiro atoms. The molecular weight excluding hydrogens is 342 g/mol. The van der Waals surface area contributed by atoms with Crippen molar-refractivity contribution in [3.63, 3.8) is 0 Å². The van der Waals surface area contributed by atoms with Crippen LogP contribution in [-0.2, 0) is 16.0 Å². The summed E-state index contributed by atoms with van der Waals surface area (Å²) in [6, 6.07) is 6.85. The van der Waals surface area contributed by atoms with Crippen LogP contribution in [0.25, 0.3) is 0 Å². The molecule has 0 unspecified atom stereocenters. The fourth-order valence-electron chi connectivity index (χ4n) is 2.47. The molecule has 130 valence electrons. The monoisotopic (exact) mass is 359 g/mol. The van der Waals surface area contributed by atoms with E-state index >= 15 is 0 Å². The van der Waals surface area contributed by atoms with Gasteiger partial charge >= 0.3 is 6.03 Å². The Bertz CT molecular complexity index is 820. The summed E-state index contributed by atoms with van der Waals surface area (Å²) in [4.78, 5) is 34.4. The maximum atomic E-state index is 12.0. The molecule has 4 amide bonds. The molecule has 0 radical (unpaired) electrons. The molecule has 1 fully saturated rings. The van der Waals surface area contributed by atoms with E-state index in [0.29, 0.717) is 11.6 Å². The predicted octanol–water partition coefficient (Wildman–Crippen LogP) is 1.36. The molecule has 25 heavy (non-hydrogen) atoms. The minimum absolute atomic E-state index is 0.102.